The molecule has 6 nitrogen and oxygen atoms in total. The third-order valence-corrected chi connectivity index (χ3v) is 2.04. The summed E-state index contributed by atoms with van der Waals surface area (Å²) in [5.74, 6) is -2.29. The van der Waals surface area contributed by atoms with Crippen molar-refractivity contribution in [3.05, 3.63) is 58.3 Å². The molecule has 18 heavy (non-hydrogen) atoms. The summed E-state index contributed by atoms with van der Waals surface area (Å²) in [5.41, 5.74) is -0.503. The number of ether oxygens (including phenoxy) is 1. The van der Waals surface area contributed by atoms with Crippen molar-refractivity contribution in [2.45, 2.75) is 0 Å². The molecule has 0 radical (unpaired) electrons. The lowest BCUT2D eigenvalue weighted by atomic mass is 10.3. The van der Waals surface area contributed by atoms with Crippen LogP contribution in [0.3, 0.4) is 0 Å². The molecule has 0 fully saturated rings. The number of furan rings is 1. The minimum Gasteiger partial charge on any atom is -0.457 e. The van der Waals surface area contributed by atoms with Gasteiger partial charge in [0.2, 0.25) is 11.5 Å². The number of benzene rings is 1. The van der Waals surface area contributed by atoms with E-state index in [2.05, 4.69) is 0 Å². The van der Waals surface area contributed by atoms with Gasteiger partial charge in [-0.15, -0.1) is 0 Å². The third kappa shape index (κ3) is 2.34. The molecule has 0 aliphatic heterocycles. The third-order valence-electron chi connectivity index (χ3n) is 2.04. The fraction of sp³-hybridized carbons (Fsp3) is 0. The Balaban J connectivity index is 2.31. The van der Waals surface area contributed by atoms with Gasteiger partial charge in [-0.1, -0.05) is 0 Å². The lowest BCUT2D eigenvalue weighted by Gasteiger charge is -2.03. The van der Waals surface area contributed by atoms with Gasteiger partial charge in [-0.25, -0.2) is 9.18 Å². The highest BCUT2D eigenvalue weighted by atomic mass is 19.1. The van der Waals surface area contributed by atoms with Crippen molar-refractivity contribution in [1.29, 1.82) is 0 Å². The van der Waals surface area contributed by atoms with E-state index in [1.54, 1.807) is 0 Å². The Kier molecular flexibility index (Phi) is 3.05. The zero-order valence-electron chi connectivity index (χ0n) is 8.83. The highest BCUT2D eigenvalue weighted by Crippen LogP contribution is 2.28. The predicted octanol–water partition coefficient (Wildman–Crippen LogP) is 2.55. The highest BCUT2D eigenvalue weighted by Gasteiger charge is 2.20. The standard InChI is InChI=1S/C11H6FNO5/c12-7-3-4-8(13(15)16)10(6-7)18-11(14)9-2-1-5-17-9/h1-6H. The maximum Gasteiger partial charge on any atom is 0.379 e. The number of nitrogens with zero attached hydrogens (tertiary/aromatic N) is 1. The number of halogens is 1. The van der Waals surface area contributed by atoms with Crippen molar-refractivity contribution in [3.8, 4) is 5.75 Å². The molecule has 92 valence electrons. The first-order valence-electron chi connectivity index (χ1n) is 4.77. The van der Waals surface area contributed by atoms with Crippen molar-refractivity contribution >= 4 is 11.7 Å². The van der Waals surface area contributed by atoms with E-state index < -0.39 is 28.1 Å². The highest BCUT2D eigenvalue weighted by molar-refractivity contribution is 5.88. The molecule has 0 unspecified atom stereocenters. The van der Waals surface area contributed by atoms with Crippen molar-refractivity contribution in [3.63, 3.8) is 0 Å². The summed E-state index contributed by atoms with van der Waals surface area (Å²) in [6.07, 6.45) is 1.25. The average molecular weight is 251 g/mol. The Labute approximate surface area is 99.7 Å². The summed E-state index contributed by atoms with van der Waals surface area (Å²) in [6.45, 7) is 0. The second-order valence-electron chi connectivity index (χ2n) is 3.24. The van der Waals surface area contributed by atoms with Crippen LogP contribution in [-0.2, 0) is 0 Å². The summed E-state index contributed by atoms with van der Waals surface area (Å²) >= 11 is 0. The van der Waals surface area contributed by atoms with E-state index in [1.807, 2.05) is 0 Å². The van der Waals surface area contributed by atoms with E-state index in [0.717, 1.165) is 18.2 Å². The number of carbonyl (C=O) groups excluding carboxylic acids is 1. The van der Waals surface area contributed by atoms with Crippen molar-refractivity contribution < 1.29 is 23.3 Å². The number of esters is 1. The number of rotatable bonds is 3. The van der Waals surface area contributed by atoms with Gasteiger partial charge in [0.15, 0.2) is 0 Å². The Hall–Kier alpha value is -2.70. The van der Waals surface area contributed by atoms with Crippen LogP contribution in [0, 0.1) is 15.9 Å². The van der Waals surface area contributed by atoms with Gasteiger partial charge < -0.3 is 9.15 Å². The Morgan fingerprint density at radius 3 is 2.78 bits per heavy atom. The normalized spacial score (nSPS) is 10.1. The molecule has 0 saturated carbocycles. The summed E-state index contributed by atoms with van der Waals surface area (Å²) in [5, 5.41) is 10.7. The molecule has 1 aromatic heterocycles. The monoisotopic (exact) mass is 251 g/mol. The first-order valence-corrected chi connectivity index (χ1v) is 4.77. The number of hydrogen-bond donors (Lipinski definition) is 0. The molecule has 0 aliphatic rings. The van der Waals surface area contributed by atoms with Gasteiger partial charge in [0.05, 0.1) is 11.2 Å². The van der Waals surface area contributed by atoms with Crippen molar-refractivity contribution in [1.82, 2.24) is 0 Å². The number of carbonyl (C=O) groups is 1. The van der Waals surface area contributed by atoms with E-state index in [9.17, 15) is 19.3 Å². The van der Waals surface area contributed by atoms with E-state index in [0.29, 0.717) is 0 Å². The van der Waals surface area contributed by atoms with Crippen LogP contribution in [0.1, 0.15) is 10.6 Å². The van der Waals surface area contributed by atoms with Crippen LogP contribution >= 0.6 is 0 Å². The molecule has 7 heteroatoms. The van der Waals surface area contributed by atoms with Gasteiger partial charge >= 0.3 is 11.7 Å². The fourth-order valence-electron chi connectivity index (χ4n) is 1.27. The van der Waals surface area contributed by atoms with Crippen LogP contribution in [0.25, 0.3) is 0 Å². The SMILES string of the molecule is O=C(Oc1cc(F)ccc1[N+](=O)[O-])c1ccco1. The summed E-state index contributed by atoms with van der Waals surface area (Å²) in [7, 11) is 0. The number of hydrogen-bond acceptors (Lipinski definition) is 5. The molecule has 1 aromatic carbocycles. The summed E-state index contributed by atoms with van der Waals surface area (Å²) in [4.78, 5) is 21.4. The van der Waals surface area contributed by atoms with Crippen LogP contribution in [0.15, 0.2) is 41.0 Å². The van der Waals surface area contributed by atoms with Crippen molar-refractivity contribution in [2.24, 2.45) is 0 Å². The quantitative estimate of drug-likeness (QED) is 0.362. The minimum atomic E-state index is -0.936. The average Bonchev–Trinajstić information content (AvgIpc) is 2.81. The molecular weight excluding hydrogens is 245 g/mol. The Morgan fingerprint density at radius 2 is 2.17 bits per heavy atom. The van der Waals surface area contributed by atoms with Crippen LogP contribution < -0.4 is 4.74 Å². The van der Waals surface area contributed by atoms with Gasteiger partial charge in [0.1, 0.15) is 5.82 Å². The molecule has 0 spiro atoms. The van der Waals surface area contributed by atoms with Gasteiger partial charge in [0.25, 0.3) is 0 Å². The lowest BCUT2D eigenvalue weighted by molar-refractivity contribution is -0.385. The first kappa shape index (κ1) is 11.8. The van der Waals surface area contributed by atoms with Gasteiger partial charge in [-0.05, 0) is 18.2 Å². The Bertz CT molecular complexity index is 593. The van der Waals surface area contributed by atoms with E-state index in [4.69, 9.17) is 9.15 Å². The summed E-state index contributed by atoms with van der Waals surface area (Å²) < 4.78 is 22.4. The molecule has 0 N–H and O–H groups in total. The van der Waals surface area contributed by atoms with Gasteiger partial charge in [0, 0.05) is 12.1 Å². The van der Waals surface area contributed by atoms with E-state index in [1.165, 1.54) is 18.4 Å². The molecule has 0 aliphatic carbocycles. The van der Waals surface area contributed by atoms with Crippen LogP contribution in [0.4, 0.5) is 10.1 Å². The Morgan fingerprint density at radius 1 is 1.39 bits per heavy atom. The molecule has 0 amide bonds. The largest absolute Gasteiger partial charge is 0.457 e. The first-order chi connectivity index (χ1) is 8.58. The number of nitro benzene ring substituents is 1. The predicted molar refractivity (Wildman–Crippen MR) is 56.7 cm³/mol. The zero-order valence-corrected chi connectivity index (χ0v) is 8.83. The van der Waals surface area contributed by atoms with Crippen molar-refractivity contribution in [2.75, 3.05) is 0 Å². The molecule has 1 heterocycles. The number of nitro groups is 1. The second-order valence-corrected chi connectivity index (χ2v) is 3.24. The molecular formula is C11H6FNO5. The summed E-state index contributed by atoms with van der Waals surface area (Å²) in [6, 6.07) is 5.37. The lowest BCUT2D eigenvalue weighted by Crippen LogP contribution is -2.08. The second kappa shape index (κ2) is 4.66. The van der Waals surface area contributed by atoms with Crippen LogP contribution in [-0.4, -0.2) is 10.9 Å². The molecule has 2 rings (SSSR count). The fourth-order valence-corrected chi connectivity index (χ4v) is 1.27. The maximum absolute atomic E-state index is 13.0. The molecule has 2 aromatic rings. The van der Waals surface area contributed by atoms with Crippen LogP contribution in [0.5, 0.6) is 5.75 Å². The molecule has 0 saturated heterocycles. The zero-order chi connectivity index (χ0) is 13.1. The van der Waals surface area contributed by atoms with E-state index in [-0.39, 0.29) is 5.76 Å². The maximum atomic E-state index is 13.0. The van der Waals surface area contributed by atoms with Gasteiger partial charge in [-0.3, -0.25) is 10.1 Å². The topological polar surface area (TPSA) is 82.6 Å². The smallest absolute Gasteiger partial charge is 0.379 e. The molecule has 0 bridgehead atoms. The minimum absolute atomic E-state index is 0.131. The van der Waals surface area contributed by atoms with Crippen LogP contribution in [0.2, 0.25) is 0 Å². The van der Waals surface area contributed by atoms with Gasteiger partial charge in [-0.2, -0.15) is 0 Å². The van der Waals surface area contributed by atoms with E-state index >= 15 is 0 Å². The molecule has 0 atom stereocenters.